The molecular weight excluding hydrogens is 419 g/mol. The van der Waals surface area contributed by atoms with Crippen LogP contribution in [0.15, 0.2) is 23.2 Å². The van der Waals surface area contributed by atoms with E-state index in [0.717, 1.165) is 31.3 Å². The van der Waals surface area contributed by atoms with Crippen LogP contribution in [0.1, 0.15) is 13.3 Å². The van der Waals surface area contributed by atoms with E-state index in [2.05, 4.69) is 27.4 Å². The van der Waals surface area contributed by atoms with E-state index in [1.54, 1.807) is 21.3 Å². The summed E-state index contributed by atoms with van der Waals surface area (Å²) in [5.41, 5.74) is 0.914. The zero-order valence-corrected chi connectivity index (χ0v) is 17.3. The Labute approximate surface area is 162 Å². The lowest BCUT2D eigenvalue weighted by Gasteiger charge is -2.17. The summed E-state index contributed by atoms with van der Waals surface area (Å²) in [5, 5.41) is 6.70. The number of benzene rings is 1. The highest BCUT2D eigenvalue weighted by Gasteiger charge is 2.21. The van der Waals surface area contributed by atoms with Crippen LogP contribution < -0.4 is 20.1 Å². The van der Waals surface area contributed by atoms with Crippen molar-refractivity contribution in [2.45, 2.75) is 13.3 Å². The van der Waals surface area contributed by atoms with Gasteiger partial charge >= 0.3 is 0 Å². The molecule has 1 aliphatic heterocycles. The highest BCUT2D eigenvalue weighted by molar-refractivity contribution is 14.0. The summed E-state index contributed by atoms with van der Waals surface area (Å²) in [4.78, 5) is 6.77. The van der Waals surface area contributed by atoms with Gasteiger partial charge in [-0.2, -0.15) is 0 Å². The predicted octanol–water partition coefficient (Wildman–Crippen LogP) is 2.65. The Morgan fingerprint density at radius 2 is 2.04 bits per heavy atom. The third-order valence-corrected chi connectivity index (χ3v) is 4.25. The molecule has 7 heteroatoms. The summed E-state index contributed by atoms with van der Waals surface area (Å²) in [6, 6.07) is 5.73. The van der Waals surface area contributed by atoms with Crippen molar-refractivity contribution >= 4 is 35.6 Å². The molecule has 136 valence electrons. The molecule has 2 rings (SSSR count). The fraction of sp³-hybridized carbons (Fsp3) is 0.588. The van der Waals surface area contributed by atoms with Gasteiger partial charge in [0.05, 0.1) is 14.2 Å². The van der Waals surface area contributed by atoms with E-state index in [4.69, 9.17) is 9.47 Å². The number of hydrogen-bond donors (Lipinski definition) is 2. The predicted molar refractivity (Wildman–Crippen MR) is 110 cm³/mol. The van der Waals surface area contributed by atoms with Gasteiger partial charge in [-0.15, -0.1) is 24.0 Å². The first-order chi connectivity index (χ1) is 11.2. The molecule has 1 atom stereocenters. The third kappa shape index (κ3) is 5.70. The summed E-state index contributed by atoms with van der Waals surface area (Å²) in [6.45, 7) is 6.65. The minimum absolute atomic E-state index is 0. The van der Waals surface area contributed by atoms with Gasteiger partial charge < -0.3 is 25.0 Å². The van der Waals surface area contributed by atoms with Gasteiger partial charge in [0, 0.05) is 31.9 Å². The van der Waals surface area contributed by atoms with E-state index in [1.165, 1.54) is 13.0 Å². The number of anilines is 1. The van der Waals surface area contributed by atoms with E-state index in [9.17, 15) is 0 Å². The largest absolute Gasteiger partial charge is 0.493 e. The van der Waals surface area contributed by atoms with Crippen LogP contribution in [-0.2, 0) is 0 Å². The van der Waals surface area contributed by atoms with Crippen molar-refractivity contribution in [3.05, 3.63) is 18.2 Å². The van der Waals surface area contributed by atoms with Gasteiger partial charge in [-0.3, -0.25) is 4.99 Å². The number of nitrogens with zero attached hydrogens (tertiary/aromatic N) is 2. The zero-order chi connectivity index (χ0) is 16.7. The Bertz CT molecular complexity index is 539. The number of hydrogen-bond acceptors (Lipinski definition) is 4. The van der Waals surface area contributed by atoms with Gasteiger partial charge in [-0.25, -0.2) is 0 Å². The number of likely N-dealkylation sites (tertiary alicyclic amines) is 1. The van der Waals surface area contributed by atoms with Crippen molar-refractivity contribution in [1.29, 1.82) is 0 Å². The van der Waals surface area contributed by atoms with Gasteiger partial charge in [-0.05, 0) is 37.6 Å². The van der Waals surface area contributed by atoms with Crippen molar-refractivity contribution in [2.24, 2.45) is 10.9 Å². The molecule has 0 aliphatic carbocycles. The normalized spacial score (nSPS) is 18.0. The molecule has 0 bridgehead atoms. The molecule has 1 aliphatic rings. The second-order valence-corrected chi connectivity index (χ2v) is 5.70. The van der Waals surface area contributed by atoms with E-state index in [-0.39, 0.29) is 24.0 Å². The summed E-state index contributed by atoms with van der Waals surface area (Å²) >= 11 is 0. The van der Waals surface area contributed by atoms with Gasteiger partial charge in [0.2, 0.25) is 0 Å². The average Bonchev–Trinajstić information content (AvgIpc) is 3.06. The first kappa shape index (κ1) is 20.8. The van der Waals surface area contributed by atoms with Crippen molar-refractivity contribution in [2.75, 3.05) is 52.8 Å². The number of rotatable bonds is 6. The van der Waals surface area contributed by atoms with Crippen LogP contribution in [0.5, 0.6) is 11.5 Å². The second kappa shape index (κ2) is 10.6. The highest BCUT2D eigenvalue weighted by Crippen LogP contribution is 2.29. The maximum absolute atomic E-state index is 5.33. The molecule has 1 aromatic rings. The number of nitrogens with one attached hydrogen (secondary N) is 2. The Morgan fingerprint density at radius 3 is 2.62 bits per heavy atom. The summed E-state index contributed by atoms with van der Waals surface area (Å²) in [6.07, 6.45) is 1.24. The van der Waals surface area contributed by atoms with Crippen LogP contribution >= 0.6 is 24.0 Å². The van der Waals surface area contributed by atoms with E-state index >= 15 is 0 Å². The zero-order valence-electron chi connectivity index (χ0n) is 15.0. The Balaban J connectivity index is 0.00000288. The molecule has 0 spiro atoms. The molecule has 6 nitrogen and oxygen atoms in total. The lowest BCUT2D eigenvalue weighted by Crippen LogP contribution is -2.35. The quantitative estimate of drug-likeness (QED) is 0.398. The molecule has 1 unspecified atom stereocenters. The lowest BCUT2D eigenvalue weighted by atomic mass is 10.1. The monoisotopic (exact) mass is 448 g/mol. The number of guanidine groups is 1. The number of methoxy groups -OCH3 is 2. The van der Waals surface area contributed by atoms with E-state index in [0.29, 0.717) is 17.4 Å². The third-order valence-electron chi connectivity index (χ3n) is 4.25. The molecule has 1 fully saturated rings. The lowest BCUT2D eigenvalue weighted by molar-refractivity contribution is 0.342. The van der Waals surface area contributed by atoms with Crippen LogP contribution in [0, 0.1) is 5.92 Å². The van der Waals surface area contributed by atoms with E-state index in [1.807, 2.05) is 18.2 Å². The maximum atomic E-state index is 5.33. The minimum Gasteiger partial charge on any atom is -0.493 e. The summed E-state index contributed by atoms with van der Waals surface area (Å²) in [7, 11) is 5.05. The Kier molecular flexibility index (Phi) is 9.20. The molecule has 0 amide bonds. The van der Waals surface area contributed by atoms with Crippen LogP contribution in [0.2, 0.25) is 0 Å². The van der Waals surface area contributed by atoms with Crippen LogP contribution in [0.3, 0.4) is 0 Å². The van der Waals surface area contributed by atoms with Crippen LogP contribution in [0.25, 0.3) is 0 Å². The standard InChI is InChI=1S/C17H28N4O2.HI/c1-5-21-9-8-13(12-21)11-19-17(18-2)20-14-6-7-15(22-3)16(10-14)23-4;/h6-7,10,13H,5,8-9,11-12H2,1-4H3,(H2,18,19,20);1H. The first-order valence-corrected chi connectivity index (χ1v) is 8.12. The number of aliphatic imine (C=N–C) groups is 1. The average molecular weight is 448 g/mol. The Morgan fingerprint density at radius 1 is 1.29 bits per heavy atom. The molecule has 1 heterocycles. The molecule has 2 N–H and O–H groups in total. The molecular formula is C17H29IN4O2. The van der Waals surface area contributed by atoms with Crippen LogP contribution in [-0.4, -0.2) is 58.3 Å². The molecule has 24 heavy (non-hydrogen) atoms. The van der Waals surface area contributed by atoms with Crippen molar-refractivity contribution < 1.29 is 9.47 Å². The van der Waals surface area contributed by atoms with Crippen molar-refractivity contribution in [3.63, 3.8) is 0 Å². The molecule has 0 saturated carbocycles. The topological polar surface area (TPSA) is 58.1 Å². The molecule has 0 aromatic heterocycles. The fourth-order valence-corrected chi connectivity index (χ4v) is 2.84. The number of ether oxygens (including phenoxy) is 2. The SMILES string of the molecule is CCN1CCC(CNC(=NC)Nc2ccc(OC)c(OC)c2)C1.I. The van der Waals surface area contributed by atoms with Crippen LogP contribution in [0.4, 0.5) is 5.69 Å². The van der Waals surface area contributed by atoms with Gasteiger partial charge in [0.15, 0.2) is 17.5 Å². The van der Waals surface area contributed by atoms with Gasteiger partial charge in [0.1, 0.15) is 0 Å². The summed E-state index contributed by atoms with van der Waals surface area (Å²) < 4.78 is 10.6. The Hall–Kier alpha value is -1.22. The first-order valence-electron chi connectivity index (χ1n) is 8.12. The van der Waals surface area contributed by atoms with Gasteiger partial charge in [0.25, 0.3) is 0 Å². The maximum Gasteiger partial charge on any atom is 0.195 e. The fourth-order valence-electron chi connectivity index (χ4n) is 2.84. The van der Waals surface area contributed by atoms with Crippen molar-refractivity contribution in [1.82, 2.24) is 10.2 Å². The minimum atomic E-state index is 0. The van der Waals surface area contributed by atoms with Crippen molar-refractivity contribution in [3.8, 4) is 11.5 Å². The molecule has 0 radical (unpaired) electrons. The number of halogens is 1. The van der Waals surface area contributed by atoms with E-state index < -0.39 is 0 Å². The highest BCUT2D eigenvalue weighted by atomic mass is 127. The smallest absolute Gasteiger partial charge is 0.195 e. The van der Waals surface area contributed by atoms with Gasteiger partial charge in [-0.1, -0.05) is 6.92 Å². The molecule has 1 saturated heterocycles. The second-order valence-electron chi connectivity index (χ2n) is 5.70. The summed E-state index contributed by atoms with van der Waals surface area (Å²) in [5.74, 6) is 2.86. The molecule has 1 aromatic carbocycles.